The van der Waals surface area contributed by atoms with Gasteiger partial charge >= 0.3 is 0 Å². The van der Waals surface area contributed by atoms with E-state index in [-0.39, 0.29) is 6.10 Å². The fourth-order valence-electron chi connectivity index (χ4n) is 2.20. The monoisotopic (exact) mass is 219 g/mol. The Balaban J connectivity index is 2.15. The molecular weight excluding hydrogens is 198 g/mol. The van der Waals surface area contributed by atoms with Gasteiger partial charge in [0.1, 0.15) is 5.75 Å². The highest BCUT2D eigenvalue weighted by Crippen LogP contribution is 2.24. The van der Waals surface area contributed by atoms with Gasteiger partial charge in [-0.05, 0) is 50.1 Å². The quantitative estimate of drug-likeness (QED) is 0.775. The maximum absolute atomic E-state index is 5.72. The van der Waals surface area contributed by atoms with Gasteiger partial charge in [0.2, 0.25) is 0 Å². The van der Waals surface area contributed by atoms with Crippen LogP contribution in [-0.2, 0) is 13.0 Å². The molecule has 1 heterocycles. The van der Waals surface area contributed by atoms with E-state index in [1.54, 1.807) is 0 Å². The maximum atomic E-state index is 5.72. The Morgan fingerprint density at radius 1 is 1.31 bits per heavy atom. The van der Waals surface area contributed by atoms with E-state index in [1.165, 1.54) is 17.7 Å². The minimum absolute atomic E-state index is 0.258. The summed E-state index contributed by atoms with van der Waals surface area (Å²) in [6, 6.07) is 6.52. The van der Waals surface area contributed by atoms with E-state index in [0.29, 0.717) is 0 Å². The number of benzene rings is 1. The van der Waals surface area contributed by atoms with Crippen LogP contribution in [0.3, 0.4) is 0 Å². The highest BCUT2D eigenvalue weighted by Gasteiger charge is 2.15. The number of fused-ring (bicyclic) bond motifs is 1. The van der Waals surface area contributed by atoms with Gasteiger partial charge in [0, 0.05) is 13.1 Å². The molecule has 1 aliphatic heterocycles. The fourth-order valence-corrected chi connectivity index (χ4v) is 2.20. The summed E-state index contributed by atoms with van der Waals surface area (Å²) < 4.78 is 5.72. The van der Waals surface area contributed by atoms with Gasteiger partial charge in [-0.2, -0.15) is 0 Å². The zero-order valence-electron chi connectivity index (χ0n) is 10.5. The summed E-state index contributed by atoms with van der Waals surface area (Å²) in [6.07, 6.45) is 1.41. The molecule has 0 atom stereocenters. The summed E-state index contributed by atoms with van der Waals surface area (Å²) >= 11 is 0. The molecule has 88 valence electrons. The lowest BCUT2D eigenvalue weighted by molar-refractivity contribution is 0.240. The molecule has 0 fully saturated rings. The van der Waals surface area contributed by atoms with Gasteiger partial charge in [-0.25, -0.2) is 0 Å². The van der Waals surface area contributed by atoms with Crippen LogP contribution in [0.4, 0.5) is 0 Å². The predicted octanol–water partition coefficient (Wildman–Crippen LogP) is 2.85. The van der Waals surface area contributed by atoms with E-state index >= 15 is 0 Å². The molecule has 2 heteroatoms. The molecule has 1 aliphatic rings. The second kappa shape index (κ2) is 4.88. The van der Waals surface area contributed by atoms with Crippen LogP contribution in [0.2, 0.25) is 0 Å². The molecule has 0 radical (unpaired) electrons. The molecule has 16 heavy (non-hydrogen) atoms. The standard InChI is InChI=1S/C14H21NO/c1-4-15-8-7-12-9-14(16-11(2)3)6-5-13(12)10-15/h5-6,9,11H,4,7-8,10H2,1-3H3. The van der Waals surface area contributed by atoms with Crippen molar-refractivity contribution in [1.82, 2.24) is 4.90 Å². The van der Waals surface area contributed by atoms with Crippen molar-refractivity contribution in [3.63, 3.8) is 0 Å². The average molecular weight is 219 g/mol. The van der Waals surface area contributed by atoms with Crippen LogP contribution in [0.1, 0.15) is 31.9 Å². The third-order valence-corrected chi connectivity index (χ3v) is 3.09. The normalized spacial score (nSPS) is 16.2. The Morgan fingerprint density at radius 2 is 2.12 bits per heavy atom. The van der Waals surface area contributed by atoms with Gasteiger partial charge in [-0.15, -0.1) is 0 Å². The number of likely N-dealkylation sites (N-methyl/N-ethyl adjacent to an activating group) is 1. The predicted molar refractivity (Wildman–Crippen MR) is 66.9 cm³/mol. The number of nitrogens with zero attached hydrogens (tertiary/aromatic N) is 1. The largest absolute Gasteiger partial charge is 0.491 e. The number of ether oxygens (including phenoxy) is 1. The molecule has 1 aromatic rings. The molecule has 0 aliphatic carbocycles. The van der Waals surface area contributed by atoms with Gasteiger partial charge in [-0.3, -0.25) is 4.90 Å². The minimum atomic E-state index is 0.258. The molecule has 2 rings (SSSR count). The van der Waals surface area contributed by atoms with E-state index in [1.807, 2.05) is 0 Å². The van der Waals surface area contributed by atoms with Crippen LogP contribution in [0.15, 0.2) is 18.2 Å². The van der Waals surface area contributed by atoms with Gasteiger partial charge in [0.25, 0.3) is 0 Å². The van der Waals surface area contributed by atoms with Crippen LogP contribution < -0.4 is 4.74 Å². The minimum Gasteiger partial charge on any atom is -0.491 e. The van der Waals surface area contributed by atoms with Crippen molar-refractivity contribution in [1.29, 1.82) is 0 Å². The van der Waals surface area contributed by atoms with E-state index in [4.69, 9.17) is 4.74 Å². The van der Waals surface area contributed by atoms with Crippen molar-refractivity contribution in [2.75, 3.05) is 13.1 Å². The van der Waals surface area contributed by atoms with Crippen LogP contribution >= 0.6 is 0 Å². The van der Waals surface area contributed by atoms with Crippen molar-refractivity contribution >= 4 is 0 Å². The summed E-state index contributed by atoms with van der Waals surface area (Å²) in [5.74, 6) is 1.01. The Morgan fingerprint density at radius 3 is 2.81 bits per heavy atom. The summed E-state index contributed by atoms with van der Waals surface area (Å²) in [4.78, 5) is 2.48. The smallest absolute Gasteiger partial charge is 0.119 e. The first kappa shape index (κ1) is 11.5. The molecule has 0 bridgehead atoms. The SMILES string of the molecule is CCN1CCc2cc(OC(C)C)ccc2C1. The Bertz CT molecular complexity index is 360. The first-order chi connectivity index (χ1) is 7.69. The van der Waals surface area contributed by atoms with E-state index < -0.39 is 0 Å². The van der Waals surface area contributed by atoms with Crippen molar-refractivity contribution in [2.24, 2.45) is 0 Å². The van der Waals surface area contributed by atoms with Crippen molar-refractivity contribution in [3.05, 3.63) is 29.3 Å². The number of hydrogen-bond acceptors (Lipinski definition) is 2. The van der Waals surface area contributed by atoms with Crippen LogP contribution in [0, 0.1) is 0 Å². The first-order valence-corrected chi connectivity index (χ1v) is 6.20. The topological polar surface area (TPSA) is 12.5 Å². The molecular formula is C14H21NO. The van der Waals surface area contributed by atoms with Crippen molar-refractivity contribution < 1.29 is 4.74 Å². The summed E-state index contributed by atoms with van der Waals surface area (Å²) in [5, 5.41) is 0. The van der Waals surface area contributed by atoms with Gasteiger partial charge in [0.05, 0.1) is 6.10 Å². The third-order valence-electron chi connectivity index (χ3n) is 3.09. The second-order valence-electron chi connectivity index (χ2n) is 4.72. The molecule has 0 saturated carbocycles. The van der Waals surface area contributed by atoms with E-state index in [0.717, 1.165) is 25.3 Å². The summed E-state index contributed by atoms with van der Waals surface area (Å²) in [7, 11) is 0. The zero-order valence-corrected chi connectivity index (χ0v) is 10.5. The van der Waals surface area contributed by atoms with E-state index in [9.17, 15) is 0 Å². The van der Waals surface area contributed by atoms with Crippen molar-refractivity contribution in [3.8, 4) is 5.75 Å². The number of hydrogen-bond donors (Lipinski definition) is 0. The highest BCUT2D eigenvalue weighted by molar-refractivity contribution is 5.37. The molecule has 1 aromatic carbocycles. The zero-order chi connectivity index (χ0) is 11.5. The highest BCUT2D eigenvalue weighted by atomic mass is 16.5. The lowest BCUT2D eigenvalue weighted by Crippen LogP contribution is -2.30. The molecule has 0 unspecified atom stereocenters. The number of rotatable bonds is 3. The van der Waals surface area contributed by atoms with Crippen LogP contribution in [0.25, 0.3) is 0 Å². The molecule has 2 nitrogen and oxygen atoms in total. The second-order valence-corrected chi connectivity index (χ2v) is 4.72. The molecule has 0 N–H and O–H groups in total. The molecule has 0 amide bonds. The van der Waals surface area contributed by atoms with E-state index in [2.05, 4.69) is 43.9 Å². The molecule has 0 saturated heterocycles. The van der Waals surface area contributed by atoms with Crippen LogP contribution in [0.5, 0.6) is 5.75 Å². The summed E-state index contributed by atoms with van der Waals surface area (Å²) in [5.41, 5.74) is 2.92. The Labute approximate surface area is 98.2 Å². The van der Waals surface area contributed by atoms with Crippen molar-refractivity contribution in [2.45, 2.75) is 39.8 Å². The third kappa shape index (κ3) is 2.56. The lowest BCUT2D eigenvalue weighted by atomic mass is 9.99. The van der Waals surface area contributed by atoms with Crippen LogP contribution in [-0.4, -0.2) is 24.1 Å². The average Bonchev–Trinajstić information content (AvgIpc) is 2.27. The van der Waals surface area contributed by atoms with Gasteiger partial charge < -0.3 is 4.74 Å². The summed E-state index contributed by atoms with van der Waals surface area (Å²) in [6.45, 7) is 9.77. The van der Waals surface area contributed by atoms with Gasteiger partial charge in [0.15, 0.2) is 0 Å². The first-order valence-electron chi connectivity index (χ1n) is 6.20. The molecule has 0 aromatic heterocycles. The Kier molecular flexibility index (Phi) is 3.49. The maximum Gasteiger partial charge on any atom is 0.119 e. The fraction of sp³-hybridized carbons (Fsp3) is 0.571. The lowest BCUT2D eigenvalue weighted by Gasteiger charge is -2.27. The Hall–Kier alpha value is -1.02. The molecule has 0 spiro atoms. The van der Waals surface area contributed by atoms with Gasteiger partial charge in [-0.1, -0.05) is 13.0 Å².